The molecule has 25 heavy (non-hydrogen) atoms. The molecule has 0 saturated heterocycles. The van der Waals surface area contributed by atoms with Gasteiger partial charge in [0.2, 0.25) is 0 Å². The Kier molecular flexibility index (Phi) is 3.46. The molecule has 0 bridgehead atoms. The normalized spacial score (nSPS) is 18.4. The average Bonchev–Trinajstić information content (AvgIpc) is 3.05. The van der Waals surface area contributed by atoms with Crippen LogP contribution in [0.2, 0.25) is 0 Å². The van der Waals surface area contributed by atoms with Crippen LogP contribution in [0.3, 0.4) is 0 Å². The molecule has 3 N–H and O–H groups in total. The summed E-state index contributed by atoms with van der Waals surface area (Å²) in [4.78, 5) is 14.5. The van der Waals surface area contributed by atoms with Crippen LogP contribution in [-0.2, 0) is 0 Å². The molecule has 0 spiro atoms. The van der Waals surface area contributed by atoms with Crippen molar-refractivity contribution in [3.8, 4) is 16.9 Å². The minimum Gasteiger partial charge on any atom is -0.493 e. The SMILES string of the molecule is CC1(C)COc2cc(-c3cccc4cc[nH]c34)ccc2C1NC(=O)O. The van der Waals surface area contributed by atoms with Gasteiger partial charge in [0.25, 0.3) is 0 Å². The summed E-state index contributed by atoms with van der Waals surface area (Å²) in [5, 5.41) is 13.0. The fourth-order valence-corrected chi connectivity index (χ4v) is 3.56. The van der Waals surface area contributed by atoms with Crippen LogP contribution in [-0.4, -0.2) is 22.8 Å². The predicted molar refractivity (Wildman–Crippen MR) is 96.9 cm³/mol. The van der Waals surface area contributed by atoms with E-state index in [0.717, 1.165) is 33.3 Å². The van der Waals surface area contributed by atoms with Gasteiger partial charge in [-0.2, -0.15) is 0 Å². The molecule has 1 aliphatic rings. The molecule has 5 nitrogen and oxygen atoms in total. The predicted octanol–water partition coefficient (Wildman–Crippen LogP) is 4.56. The minimum atomic E-state index is -1.02. The molecule has 0 saturated carbocycles. The first-order valence-electron chi connectivity index (χ1n) is 8.28. The summed E-state index contributed by atoms with van der Waals surface area (Å²) in [5.41, 5.74) is 3.79. The van der Waals surface area contributed by atoms with E-state index in [0.29, 0.717) is 6.61 Å². The first-order valence-corrected chi connectivity index (χ1v) is 8.28. The summed E-state index contributed by atoms with van der Waals surface area (Å²) in [6.45, 7) is 4.47. The van der Waals surface area contributed by atoms with Gasteiger partial charge in [-0.15, -0.1) is 0 Å². The molecular formula is C20H20N2O3. The van der Waals surface area contributed by atoms with E-state index in [1.54, 1.807) is 0 Å². The van der Waals surface area contributed by atoms with Gasteiger partial charge >= 0.3 is 6.09 Å². The second-order valence-corrected chi connectivity index (χ2v) is 7.16. The molecule has 1 amide bonds. The van der Waals surface area contributed by atoms with Crippen LogP contribution in [0.4, 0.5) is 4.79 Å². The maximum atomic E-state index is 11.2. The van der Waals surface area contributed by atoms with Crippen molar-refractivity contribution in [2.24, 2.45) is 5.41 Å². The number of aromatic amines is 1. The lowest BCUT2D eigenvalue weighted by atomic mass is 9.78. The highest BCUT2D eigenvalue weighted by atomic mass is 16.5. The van der Waals surface area contributed by atoms with E-state index in [-0.39, 0.29) is 11.5 Å². The lowest BCUT2D eigenvalue weighted by Crippen LogP contribution is -2.43. The van der Waals surface area contributed by atoms with Gasteiger partial charge in [-0.1, -0.05) is 44.2 Å². The first kappa shape index (κ1) is 15.6. The summed E-state index contributed by atoms with van der Waals surface area (Å²) >= 11 is 0. The Hall–Kier alpha value is -2.95. The van der Waals surface area contributed by atoms with E-state index in [4.69, 9.17) is 4.74 Å². The monoisotopic (exact) mass is 336 g/mol. The number of ether oxygens (including phenoxy) is 1. The van der Waals surface area contributed by atoms with Crippen LogP contribution in [0.15, 0.2) is 48.7 Å². The summed E-state index contributed by atoms with van der Waals surface area (Å²) in [6.07, 6.45) is 0.907. The van der Waals surface area contributed by atoms with Crippen molar-refractivity contribution in [2.75, 3.05) is 6.61 Å². The van der Waals surface area contributed by atoms with E-state index >= 15 is 0 Å². The quantitative estimate of drug-likeness (QED) is 0.642. The zero-order valence-corrected chi connectivity index (χ0v) is 14.2. The number of aromatic nitrogens is 1. The van der Waals surface area contributed by atoms with Crippen molar-refractivity contribution >= 4 is 17.0 Å². The Morgan fingerprint density at radius 1 is 1.28 bits per heavy atom. The molecule has 3 aromatic rings. The van der Waals surface area contributed by atoms with Gasteiger partial charge in [-0.05, 0) is 23.1 Å². The van der Waals surface area contributed by atoms with Crippen LogP contribution >= 0.6 is 0 Å². The molecule has 5 heteroatoms. The second kappa shape index (κ2) is 5.55. The number of H-pyrrole nitrogens is 1. The fraction of sp³-hybridized carbons (Fsp3) is 0.250. The topological polar surface area (TPSA) is 74.3 Å². The van der Waals surface area contributed by atoms with Crippen molar-refractivity contribution in [1.82, 2.24) is 10.3 Å². The third kappa shape index (κ3) is 2.61. The van der Waals surface area contributed by atoms with Crippen molar-refractivity contribution in [1.29, 1.82) is 0 Å². The molecule has 4 rings (SSSR count). The van der Waals surface area contributed by atoms with Crippen LogP contribution in [0.5, 0.6) is 5.75 Å². The number of carbonyl (C=O) groups is 1. The largest absolute Gasteiger partial charge is 0.493 e. The number of fused-ring (bicyclic) bond motifs is 2. The first-order chi connectivity index (χ1) is 12.0. The van der Waals surface area contributed by atoms with Crippen LogP contribution in [0, 0.1) is 5.41 Å². The number of amides is 1. The van der Waals surface area contributed by atoms with Crippen LogP contribution in [0.1, 0.15) is 25.5 Å². The highest BCUT2D eigenvalue weighted by molar-refractivity contribution is 5.94. The lowest BCUT2D eigenvalue weighted by Gasteiger charge is -2.39. The van der Waals surface area contributed by atoms with Crippen LogP contribution in [0.25, 0.3) is 22.0 Å². The maximum Gasteiger partial charge on any atom is 0.405 e. The van der Waals surface area contributed by atoms with E-state index in [1.165, 1.54) is 0 Å². The van der Waals surface area contributed by atoms with Gasteiger partial charge in [-0.3, -0.25) is 0 Å². The highest BCUT2D eigenvalue weighted by Crippen LogP contribution is 2.44. The maximum absolute atomic E-state index is 11.2. The van der Waals surface area contributed by atoms with Crippen molar-refractivity contribution in [3.05, 3.63) is 54.2 Å². The third-order valence-electron chi connectivity index (χ3n) is 4.87. The zero-order valence-electron chi connectivity index (χ0n) is 14.2. The molecular weight excluding hydrogens is 316 g/mol. The Morgan fingerprint density at radius 2 is 2.12 bits per heavy atom. The van der Waals surface area contributed by atoms with Crippen molar-refractivity contribution in [2.45, 2.75) is 19.9 Å². The summed E-state index contributed by atoms with van der Waals surface area (Å²) in [5.74, 6) is 0.735. The molecule has 128 valence electrons. The number of hydrogen-bond donors (Lipinski definition) is 3. The summed E-state index contributed by atoms with van der Waals surface area (Å²) < 4.78 is 5.96. The number of nitrogens with one attached hydrogen (secondary N) is 2. The number of carboxylic acid groups (broad SMARTS) is 1. The summed E-state index contributed by atoms with van der Waals surface area (Å²) in [6, 6.07) is 13.9. The van der Waals surface area contributed by atoms with Gasteiger partial charge in [-0.25, -0.2) is 4.79 Å². The Labute approximate surface area is 145 Å². The van der Waals surface area contributed by atoms with Gasteiger partial charge in [0.1, 0.15) is 5.75 Å². The van der Waals surface area contributed by atoms with Crippen molar-refractivity contribution in [3.63, 3.8) is 0 Å². The lowest BCUT2D eigenvalue weighted by molar-refractivity contribution is 0.0996. The van der Waals surface area contributed by atoms with Gasteiger partial charge < -0.3 is 20.1 Å². The van der Waals surface area contributed by atoms with E-state index in [2.05, 4.69) is 22.4 Å². The van der Waals surface area contributed by atoms with Crippen LogP contribution < -0.4 is 10.1 Å². The molecule has 0 aliphatic carbocycles. The molecule has 1 unspecified atom stereocenters. The van der Waals surface area contributed by atoms with E-state index in [9.17, 15) is 9.90 Å². The second-order valence-electron chi connectivity index (χ2n) is 7.16. The molecule has 1 aromatic heterocycles. The molecule has 0 fully saturated rings. The molecule has 0 radical (unpaired) electrons. The standard InChI is InChI=1S/C20H20N2O3/c1-20(2)11-25-16-10-13(6-7-15(16)18(20)22-19(23)24)14-5-3-4-12-8-9-21-17(12)14/h3-10,18,21-22H,11H2,1-2H3,(H,23,24). The van der Waals surface area contributed by atoms with Crippen molar-refractivity contribution < 1.29 is 14.6 Å². The molecule has 1 aliphatic heterocycles. The molecule has 2 heterocycles. The smallest absolute Gasteiger partial charge is 0.405 e. The third-order valence-corrected chi connectivity index (χ3v) is 4.87. The number of rotatable bonds is 2. The molecule has 2 aromatic carbocycles. The average molecular weight is 336 g/mol. The number of benzene rings is 2. The fourth-order valence-electron chi connectivity index (χ4n) is 3.56. The minimum absolute atomic E-state index is 0.302. The zero-order chi connectivity index (χ0) is 17.6. The Morgan fingerprint density at radius 3 is 2.92 bits per heavy atom. The van der Waals surface area contributed by atoms with E-state index in [1.807, 2.05) is 50.4 Å². The summed E-state index contributed by atoms with van der Waals surface area (Å²) in [7, 11) is 0. The van der Waals surface area contributed by atoms with Gasteiger partial charge in [0, 0.05) is 22.7 Å². The number of hydrogen-bond acceptors (Lipinski definition) is 2. The van der Waals surface area contributed by atoms with Gasteiger partial charge in [0.05, 0.1) is 18.2 Å². The highest BCUT2D eigenvalue weighted by Gasteiger charge is 2.38. The van der Waals surface area contributed by atoms with E-state index < -0.39 is 6.09 Å². The molecule has 1 atom stereocenters. The number of para-hydroxylation sites is 1. The Bertz CT molecular complexity index is 958. The Balaban J connectivity index is 1.80. The van der Waals surface area contributed by atoms with Gasteiger partial charge in [0.15, 0.2) is 0 Å².